The van der Waals surface area contributed by atoms with E-state index in [1.165, 1.54) is 19.4 Å². The molecule has 1 fully saturated rings. The van der Waals surface area contributed by atoms with Gasteiger partial charge in [0, 0.05) is 31.6 Å². The number of nitrogens with zero attached hydrogens (tertiary/aromatic N) is 4. The average Bonchev–Trinajstić information content (AvgIpc) is 2.47. The quantitative estimate of drug-likeness (QED) is 0.636. The monoisotopic (exact) mass is 278 g/mol. The van der Waals surface area contributed by atoms with Gasteiger partial charge in [0.1, 0.15) is 17.5 Å². The number of likely N-dealkylation sites (tertiary alicyclic amines) is 1. The highest BCUT2D eigenvalue weighted by molar-refractivity contribution is 5.58. The van der Waals surface area contributed by atoms with Gasteiger partial charge in [-0.25, -0.2) is 15.8 Å². The first-order chi connectivity index (χ1) is 9.56. The van der Waals surface area contributed by atoms with Crippen LogP contribution < -0.4 is 16.2 Å². The lowest BCUT2D eigenvalue weighted by atomic mass is 10.0. The van der Waals surface area contributed by atoms with E-state index in [0.29, 0.717) is 6.04 Å². The minimum atomic E-state index is 0.498. The summed E-state index contributed by atoms with van der Waals surface area (Å²) in [6.45, 7) is 6.34. The van der Waals surface area contributed by atoms with E-state index >= 15 is 0 Å². The highest BCUT2D eigenvalue weighted by Gasteiger charge is 2.24. The zero-order valence-corrected chi connectivity index (χ0v) is 13.0. The van der Waals surface area contributed by atoms with E-state index in [4.69, 9.17) is 10.8 Å². The van der Waals surface area contributed by atoms with Gasteiger partial charge >= 0.3 is 0 Å². The van der Waals surface area contributed by atoms with E-state index in [-0.39, 0.29) is 0 Å². The number of hydrogen-bond acceptors (Lipinski definition) is 6. The summed E-state index contributed by atoms with van der Waals surface area (Å²) in [6, 6.07) is 0.498. The molecule has 0 amide bonds. The van der Waals surface area contributed by atoms with E-state index < -0.39 is 0 Å². The maximum atomic E-state index is 5.58. The number of nitrogen functional groups attached to an aromatic ring is 1. The van der Waals surface area contributed by atoms with E-state index in [0.717, 1.165) is 36.0 Å². The molecule has 0 aromatic carbocycles. The maximum absolute atomic E-state index is 5.58. The summed E-state index contributed by atoms with van der Waals surface area (Å²) < 4.78 is 0. The molecule has 1 aliphatic rings. The molecule has 1 aromatic heterocycles. The van der Waals surface area contributed by atoms with Crippen molar-refractivity contribution in [2.45, 2.75) is 39.2 Å². The summed E-state index contributed by atoms with van der Waals surface area (Å²) in [7, 11) is 4.30. The molecule has 0 saturated carbocycles. The standard InChI is InChI=1S/C14H26N6/c1-5-12-16-13(18-15)10(2)14(17-12)20(4)11-7-6-8-19(3)9-11/h11H,5-9,15H2,1-4H3,(H,16,17,18). The molecule has 1 saturated heterocycles. The van der Waals surface area contributed by atoms with Crippen LogP contribution in [0.1, 0.15) is 31.2 Å². The number of nitrogens with two attached hydrogens (primary N) is 1. The van der Waals surface area contributed by atoms with Crippen LogP contribution in [0.2, 0.25) is 0 Å². The molecular weight excluding hydrogens is 252 g/mol. The van der Waals surface area contributed by atoms with Crippen molar-refractivity contribution in [2.24, 2.45) is 5.84 Å². The normalized spacial score (nSPS) is 19.9. The van der Waals surface area contributed by atoms with Gasteiger partial charge in [0.25, 0.3) is 0 Å². The molecule has 1 atom stereocenters. The Balaban J connectivity index is 2.30. The fraction of sp³-hybridized carbons (Fsp3) is 0.714. The predicted octanol–water partition coefficient (Wildman–Crippen LogP) is 1.16. The van der Waals surface area contributed by atoms with Gasteiger partial charge in [-0.3, -0.25) is 0 Å². The number of hydrogen-bond donors (Lipinski definition) is 2. The van der Waals surface area contributed by atoms with Crippen LogP contribution in [-0.4, -0.2) is 48.1 Å². The predicted molar refractivity (Wildman–Crippen MR) is 82.9 cm³/mol. The molecule has 6 heteroatoms. The lowest BCUT2D eigenvalue weighted by Crippen LogP contribution is -2.45. The topological polar surface area (TPSA) is 70.3 Å². The molecule has 1 aromatic rings. The van der Waals surface area contributed by atoms with Crippen molar-refractivity contribution in [1.29, 1.82) is 0 Å². The lowest BCUT2D eigenvalue weighted by molar-refractivity contribution is 0.247. The molecular formula is C14H26N6. The zero-order valence-electron chi connectivity index (χ0n) is 13.0. The number of rotatable bonds is 4. The SMILES string of the molecule is CCc1nc(NN)c(C)c(N(C)C2CCCN(C)C2)n1. The van der Waals surface area contributed by atoms with E-state index in [2.05, 4.69) is 41.2 Å². The molecule has 2 heterocycles. The zero-order chi connectivity index (χ0) is 14.7. The smallest absolute Gasteiger partial charge is 0.148 e. The molecule has 6 nitrogen and oxygen atoms in total. The third kappa shape index (κ3) is 3.02. The average molecular weight is 278 g/mol. The van der Waals surface area contributed by atoms with Gasteiger partial charge in [0.05, 0.1) is 0 Å². The summed E-state index contributed by atoms with van der Waals surface area (Å²) in [5.74, 6) is 8.12. The van der Waals surface area contributed by atoms with Gasteiger partial charge in [-0.1, -0.05) is 6.92 Å². The molecule has 112 valence electrons. The first kappa shape index (κ1) is 15.0. The fourth-order valence-electron chi connectivity index (χ4n) is 2.82. The van der Waals surface area contributed by atoms with Gasteiger partial charge < -0.3 is 15.2 Å². The summed E-state index contributed by atoms with van der Waals surface area (Å²) in [6.07, 6.45) is 3.25. The molecule has 1 unspecified atom stereocenters. The molecule has 0 aliphatic carbocycles. The molecule has 1 aliphatic heterocycles. The van der Waals surface area contributed by atoms with Crippen LogP contribution in [0, 0.1) is 6.92 Å². The third-order valence-corrected chi connectivity index (χ3v) is 4.10. The Morgan fingerprint density at radius 3 is 2.80 bits per heavy atom. The summed E-state index contributed by atoms with van der Waals surface area (Å²) in [4.78, 5) is 13.8. The van der Waals surface area contributed by atoms with Crippen LogP contribution in [0.3, 0.4) is 0 Å². The Kier molecular flexibility index (Phi) is 4.77. The first-order valence-corrected chi connectivity index (χ1v) is 7.32. The Bertz CT molecular complexity index is 461. The van der Waals surface area contributed by atoms with Gasteiger partial charge in [0.2, 0.25) is 0 Å². The number of aromatic nitrogens is 2. The second kappa shape index (κ2) is 6.37. The highest BCUT2D eigenvalue weighted by atomic mass is 15.3. The summed E-state index contributed by atoms with van der Waals surface area (Å²) >= 11 is 0. The van der Waals surface area contributed by atoms with Crippen molar-refractivity contribution in [3.8, 4) is 0 Å². The number of anilines is 2. The lowest BCUT2D eigenvalue weighted by Gasteiger charge is -2.37. The molecule has 2 rings (SSSR count). The highest BCUT2D eigenvalue weighted by Crippen LogP contribution is 2.26. The van der Waals surface area contributed by atoms with Gasteiger partial charge in [-0.2, -0.15) is 0 Å². The molecule has 3 N–H and O–H groups in total. The minimum absolute atomic E-state index is 0.498. The second-order valence-electron chi connectivity index (χ2n) is 5.60. The number of aryl methyl sites for hydroxylation is 1. The summed E-state index contributed by atoms with van der Waals surface area (Å²) in [5.41, 5.74) is 3.70. The Morgan fingerprint density at radius 1 is 1.45 bits per heavy atom. The number of hydrazine groups is 1. The molecule has 20 heavy (non-hydrogen) atoms. The van der Waals surface area contributed by atoms with Crippen LogP contribution in [-0.2, 0) is 6.42 Å². The Morgan fingerprint density at radius 2 is 2.20 bits per heavy atom. The van der Waals surface area contributed by atoms with Crippen molar-refractivity contribution < 1.29 is 0 Å². The second-order valence-corrected chi connectivity index (χ2v) is 5.60. The van der Waals surface area contributed by atoms with Crippen LogP contribution in [0.15, 0.2) is 0 Å². The number of piperidine rings is 1. The number of likely N-dealkylation sites (N-methyl/N-ethyl adjacent to an activating group) is 2. The van der Waals surface area contributed by atoms with Crippen LogP contribution in [0.25, 0.3) is 0 Å². The third-order valence-electron chi connectivity index (χ3n) is 4.10. The van der Waals surface area contributed by atoms with Gasteiger partial charge in [-0.05, 0) is 33.4 Å². The number of nitrogens with one attached hydrogen (secondary N) is 1. The Hall–Kier alpha value is -1.40. The van der Waals surface area contributed by atoms with Crippen LogP contribution in [0.5, 0.6) is 0 Å². The van der Waals surface area contributed by atoms with Crippen molar-refractivity contribution in [2.75, 3.05) is 37.5 Å². The van der Waals surface area contributed by atoms with Crippen molar-refractivity contribution in [3.63, 3.8) is 0 Å². The molecule has 0 radical (unpaired) electrons. The van der Waals surface area contributed by atoms with Gasteiger partial charge in [-0.15, -0.1) is 0 Å². The largest absolute Gasteiger partial charge is 0.355 e. The molecule has 0 spiro atoms. The summed E-state index contributed by atoms with van der Waals surface area (Å²) in [5, 5.41) is 0. The van der Waals surface area contributed by atoms with Crippen LogP contribution in [0.4, 0.5) is 11.6 Å². The Labute approximate surface area is 121 Å². The first-order valence-electron chi connectivity index (χ1n) is 7.32. The van der Waals surface area contributed by atoms with E-state index in [1.807, 2.05) is 6.92 Å². The van der Waals surface area contributed by atoms with Crippen LogP contribution >= 0.6 is 0 Å². The van der Waals surface area contributed by atoms with E-state index in [9.17, 15) is 0 Å². The van der Waals surface area contributed by atoms with Crippen molar-refractivity contribution in [1.82, 2.24) is 14.9 Å². The van der Waals surface area contributed by atoms with Gasteiger partial charge in [0.15, 0.2) is 0 Å². The maximum Gasteiger partial charge on any atom is 0.148 e. The van der Waals surface area contributed by atoms with E-state index in [1.54, 1.807) is 0 Å². The fourth-order valence-corrected chi connectivity index (χ4v) is 2.82. The minimum Gasteiger partial charge on any atom is -0.355 e. The van der Waals surface area contributed by atoms with Crippen molar-refractivity contribution >= 4 is 11.6 Å². The van der Waals surface area contributed by atoms with Crippen molar-refractivity contribution in [3.05, 3.63) is 11.4 Å². The molecule has 0 bridgehead atoms.